The van der Waals surface area contributed by atoms with Gasteiger partial charge in [-0.1, -0.05) is 24.3 Å². The van der Waals surface area contributed by atoms with E-state index in [1.54, 1.807) is 12.1 Å². The van der Waals surface area contributed by atoms with Crippen LogP contribution in [-0.4, -0.2) is 10.2 Å². The summed E-state index contributed by atoms with van der Waals surface area (Å²) in [7, 11) is 0. The minimum absolute atomic E-state index is 0.294. The van der Waals surface area contributed by atoms with E-state index in [1.165, 1.54) is 0 Å². The molecule has 0 saturated heterocycles. The average Bonchev–Trinajstić information content (AvgIpc) is 2.35. The molecule has 2 nitrogen and oxygen atoms in total. The van der Waals surface area contributed by atoms with Gasteiger partial charge in [-0.3, -0.25) is 0 Å². The number of allylic oxidation sites excluding steroid dienone is 1. The van der Waals surface area contributed by atoms with Gasteiger partial charge in [0.05, 0.1) is 0 Å². The Morgan fingerprint density at radius 1 is 1.00 bits per heavy atom. The van der Waals surface area contributed by atoms with E-state index in [4.69, 9.17) is 0 Å². The van der Waals surface area contributed by atoms with Gasteiger partial charge in [0.25, 0.3) is 0 Å². The molecule has 0 aliphatic carbocycles. The highest BCUT2D eigenvalue weighted by Crippen LogP contribution is 2.29. The van der Waals surface area contributed by atoms with Gasteiger partial charge in [-0.2, -0.15) is 0 Å². The Labute approximate surface area is 113 Å². The molecule has 0 bridgehead atoms. The number of aromatic hydroxyl groups is 2. The summed E-state index contributed by atoms with van der Waals surface area (Å²) >= 11 is 0. The van der Waals surface area contributed by atoms with Gasteiger partial charge in [0.1, 0.15) is 11.5 Å². The molecule has 0 saturated carbocycles. The number of hydrogen-bond donors (Lipinski definition) is 2. The first kappa shape index (κ1) is 13.2. The summed E-state index contributed by atoms with van der Waals surface area (Å²) in [6.07, 6.45) is 0.663. The zero-order valence-electron chi connectivity index (χ0n) is 11.3. The Bertz CT molecular complexity index is 627. The van der Waals surface area contributed by atoms with E-state index in [1.807, 2.05) is 38.1 Å². The monoisotopic (exact) mass is 254 g/mol. The highest BCUT2D eigenvalue weighted by atomic mass is 16.3. The summed E-state index contributed by atoms with van der Waals surface area (Å²) < 4.78 is 0. The number of rotatable bonds is 3. The van der Waals surface area contributed by atoms with Crippen LogP contribution < -0.4 is 0 Å². The van der Waals surface area contributed by atoms with Crippen LogP contribution >= 0.6 is 0 Å². The van der Waals surface area contributed by atoms with Crippen molar-refractivity contribution in [3.8, 4) is 22.6 Å². The molecule has 0 radical (unpaired) electrons. The van der Waals surface area contributed by atoms with Crippen molar-refractivity contribution in [2.45, 2.75) is 20.3 Å². The van der Waals surface area contributed by atoms with Crippen LogP contribution in [0.3, 0.4) is 0 Å². The molecule has 0 fully saturated rings. The van der Waals surface area contributed by atoms with Crippen molar-refractivity contribution in [1.82, 2.24) is 0 Å². The van der Waals surface area contributed by atoms with E-state index in [9.17, 15) is 10.2 Å². The Morgan fingerprint density at radius 2 is 1.58 bits per heavy atom. The van der Waals surface area contributed by atoms with Crippen molar-refractivity contribution < 1.29 is 10.2 Å². The second-order valence-corrected chi connectivity index (χ2v) is 4.98. The fraction of sp³-hybridized carbons (Fsp3) is 0.176. The smallest absolute Gasteiger partial charge is 0.119 e. The van der Waals surface area contributed by atoms with Gasteiger partial charge >= 0.3 is 0 Å². The van der Waals surface area contributed by atoms with Crippen LogP contribution in [0.2, 0.25) is 0 Å². The Kier molecular flexibility index (Phi) is 3.61. The lowest BCUT2D eigenvalue weighted by molar-refractivity contribution is 0.469. The zero-order valence-corrected chi connectivity index (χ0v) is 11.3. The van der Waals surface area contributed by atoms with Crippen molar-refractivity contribution in [2.75, 3.05) is 0 Å². The van der Waals surface area contributed by atoms with Gasteiger partial charge in [-0.25, -0.2) is 0 Å². The Hall–Kier alpha value is -2.22. The van der Waals surface area contributed by atoms with Crippen molar-refractivity contribution in [3.05, 3.63) is 59.7 Å². The van der Waals surface area contributed by atoms with Crippen molar-refractivity contribution in [2.24, 2.45) is 0 Å². The summed E-state index contributed by atoms with van der Waals surface area (Å²) in [5.74, 6) is 0.590. The second kappa shape index (κ2) is 5.19. The Morgan fingerprint density at radius 3 is 2.16 bits per heavy atom. The molecule has 0 amide bonds. The molecule has 0 atom stereocenters. The number of hydrogen-bond acceptors (Lipinski definition) is 2. The predicted molar refractivity (Wildman–Crippen MR) is 78.5 cm³/mol. The maximum atomic E-state index is 9.85. The van der Waals surface area contributed by atoms with Crippen LogP contribution in [0.15, 0.2) is 48.6 Å². The van der Waals surface area contributed by atoms with Crippen LogP contribution in [0.5, 0.6) is 11.5 Å². The van der Waals surface area contributed by atoms with Gasteiger partial charge in [0.2, 0.25) is 0 Å². The largest absolute Gasteiger partial charge is 0.508 e. The minimum atomic E-state index is 0.294. The third-order valence-electron chi connectivity index (χ3n) is 3.10. The summed E-state index contributed by atoms with van der Waals surface area (Å²) in [5.41, 5.74) is 4.77. The number of aryl methyl sites for hydroxylation is 1. The standard InChI is InChI=1S/C17H18O2/c1-11(2)8-15-10-14(5-7-17(15)19)13-4-6-16(18)12(3)9-13/h4-7,9-10,18-19H,1,8H2,2-3H3. The molecule has 98 valence electrons. The maximum absolute atomic E-state index is 9.85. The molecule has 0 spiro atoms. The van der Waals surface area contributed by atoms with Crippen LogP contribution in [0.25, 0.3) is 11.1 Å². The van der Waals surface area contributed by atoms with Crippen LogP contribution in [0, 0.1) is 6.92 Å². The van der Waals surface area contributed by atoms with E-state index >= 15 is 0 Å². The summed E-state index contributed by atoms with van der Waals surface area (Å²) in [6.45, 7) is 7.69. The third-order valence-corrected chi connectivity index (χ3v) is 3.10. The topological polar surface area (TPSA) is 40.5 Å². The lowest BCUT2D eigenvalue weighted by Gasteiger charge is -2.09. The Balaban J connectivity index is 2.44. The van der Waals surface area contributed by atoms with E-state index in [2.05, 4.69) is 6.58 Å². The first-order chi connectivity index (χ1) is 8.97. The third kappa shape index (κ3) is 2.97. The SMILES string of the molecule is C=C(C)Cc1cc(-c2ccc(O)c(C)c2)ccc1O. The van der Waals surface area contributed by atoms with Crippen LogP contribution in [0.4, 0.5) is 0 Å². The van der Waals surface area contributed by atoms with Gasteiger partial charge in [-0.05, 0) is 66.8 Å². The quantitative estimate of drug-likeness (QED) is 0.806. The van der Waals surface area contributed by atoms with Crippen LogP contribution in [0.1, 0.15) is 18.1 Å². The normalized spacial score (nSPS) is 10.4. The minimum Gasteiger partial charge on any atom is -0.508 e. The van der Waals surface area contributed by atoms with Crippen molar-refractivity contribution in [3.63, 3.8) is 0 Å². The molecule has 2 aromatic rings. The maximum Gasteiger partial charge on any atom is 0.119 e. The molecule has 2 rings (SSSR count). The van der Waals surface area contributed by atoms with E-state index in [-0.39, 0.29) is 0 Å². The van der Waals surface area contributed by atoms with Crippen molar-refractivity contribution >= 4 is 0 Å². The molecule has 0 aliphatic rings. The summed E-state index contributed by atoms with van der Waals surface area (Å²) in [4.78, 5) is 0. The van der Waals surface area contributed by atoms with Gasteiger partial charge in [-0.15, -0.1) is 0 Å². The molecule has 19 heavy (non-hydrogen) atoms. The fourth-order valence-electron chi connectivity index (χ4n) is 2.07. The summed E-state index contributed by atoms with van der Waals surface area (Å²) in [5, 5.41) is 19.4. The van der Waals surface area contributed by atoms with Gasteiger partial charge in [0.15, 0.2) is 0 Å². The number of benzene rings is 2. The van der Waals surface area contributed by atoms with Crippen LogP contribution in [-0.2, 0) is 6.42 Å². The predicted octanol–water partition coefficient (Wildman–Crippen LogP) is 4.19. The molecule has 2 heteroatoms. The fourth-order valence-corrected chi connectivity index (χ4v) is 2.07. The van der Waals surface area contributed by atoms with Gasteiger partial charge in [0, 0.05) is 0 Å². The number of phenols is 2. The van der Waals surface area contributed by atoms with Crippen molar-refractivity contribution in [1.29, 1.82) is 0 Å². The average molecular weight is 254 g/mol. The number of phenolic OH excluding ortho intramolecular Hbond substituents is 2. The molecular weight excluding hydrogens is 236 g/mol. The molecule has 2 N–H and O–H groups in total. The van der Waals surface area contributed by atoms with E-state index in [0.717, 1.165) is 27.8 Å². The highest BCUT2D eigenvalue weighted by Gasteiger charge is 2.06. The summed E-state index contributed by atoms with van der Waals surface area (Å²) in [6, 6.07) is 11.1. The molecule has 2 aromatic carbocycles. The van der Waals surface area contributed by atoms with E-state index in [0.29, 0.717) is 17.9 Å². The molecule has 0 aliphatic heterocycles. The highest BCUT2D eigenvalue weighted by molar-refractivity contribution is 5.67. The second-order valence-electron chi connectivity index (χ2n) is 4.98. The first-order valence-corrected chi connectivity index (χ1v) is 6.23. The van der Waals surface area contributed by atoms with Gasteiger partial charge < -0.3 is 10.2 Å². The zero-order chi connectivity index (χ0) is 14.0. The lowest BCUT2D eigenvalue weighted by Crippen LogP contribution is -1.89. The molecular formula is C17H18O2. The van der Waals surface area contributed by atoms with E-state index < -0.39 is 0 Å². The molecule has 0 unspecified atom stereocenters. The molecule has 0 heterocycles. The lowest BCUT2D eigenvalue weighted by atomic mass is 9.98. The molecule has 0 aromatic heterocycles. The first-order valence-electron chi connectivity index (χ1n) is 6.23.